The molecule has 1 unspecified atom stereocenters. The van der Waals surface area contributed by atoms with E-state index in [0.717, 1.165) is 13.0 Å². The number of rotatable bonds is 8. The van der Waals surface area contributed by atoms with E-state index in [9.17, 15) is 4.79 Å². The van der Waals surface area contributed by atoms with Crippen LogP contribution < -0.4 is 5.32 Å². The summed E-state index contributed by atoms with van der Waals surface area (Å²) in [6.07, 6.45) is 0.913. The SMILES string of the molecule is CCSCCC(C)NCCN(C(=O)OC(C)(C)C)C(C)(C)C. The Labute approximate surface area is 141 Å². The Kier molecular flexibility index (Phi) is 9.47. The van der Waals surface area contributed by atoms with Crippen LogP contribution in [0.5, 0.6) is 0 Å². The number of amides is 1. The Balaban J connectivity index is 4.36. The van der Waals surface area contributed by atoms with Crippen molar-refractivity contribution in [3.8, 4) is 0 Å². The van der Waals surface area contributed by atoms with Crippen LogP contribution in [0.4, 0.5) is 4.79 Å². The maximum atomic E-state index is 12.4. The van der Waals surface area contributed by atoms with Gasteiger partial charge in [-0.05, 0) is 66.4 Å². The van der Waals surface area contributed by atoms with Gasteiger partial charge in [0.05, 0.1) is 0 Å². The van der Waals surface area contributed by atoms with E-state index >= 15 is 0 Å². The molecule has 0 rings (SSSR count). The summed E-state index contributed by atoms with van der Waals surface area (Å²) in [5, 5.41) is 3.50. The molecule has 1 atom stereocenters. The summed E-state index contributed by atoms with van der Waals surface area (Å²) >= 11 is 1.97. The van der Waals surface area contributed by atoms with Gasteiger partial charge in [-0.25, -0.2) is 4.79 Å². The predicted molar refractivity (Wildman–Crippen MR) is 97.8 cm³/mol. The van der Waals surface area contributed by atoms with Gasteiger partial charge in [0.2, 0.25) is 0 Å². The van der Waals surface area contributed by atoms with E-state index < -0.39 is 5.60 Å². The summed E-state index contributed by atoms with van der Waals surface area (Å²) in [6.45, 7) is 17.6. The maximum absolute atomic E-state index is 12.4. The number of carbonyl (C=O) groups is 1. The zero-order valence-corrected chi connectivity index (χ0v) is 16.6. The number of thioether (sulfide) groups is 1. The van der Waals surface area contributed by atoms with Gasteiger partial charge < -0.3 is 15.0 Å². The van der Waals surface area contributed by atoms with Gasteiger partial charge in [0, 0.05) is 24.7 Å². The molecule has 0 aliphatic carbocycles. The van der Waals surface area contributed by atoms with Crippen LogP contribution in [0.25, 0.3) is 0 Å². The molecule has 0 saturated heterocycles. The molecular formula is C17H36N2O2S. The molecule has 0 heterocycles. The predicted octanol–water partition coefficient (Wildman–Crippen LogP) is 4.14. The number of hydrogen-bond acceptors (Lipinski definition) is 4. The van der Waals surface area contributed by atoms with E-state index in [2.05, 4.69) is 19.2 Å². The van der Waals surface area contributed by atoms with E-state index in [1.54, 1.807) is 4.90 Å². The first-order valence-electron chi connectivity index (χ1n) is 8.29. The van der Waals surface area contributed by atoms with E-state index in [-0.39, 0.29) is 11.6 Å². The van der Waals surface area contributed by atoms with Crippen molar-refractivity contribution >= 4 is 17.9 Å². The Hall–Kier alpha value is -0.420. The molecule has 1 N–H and O–H groups in total. The minimum absolute atomic E-state index is 0.240. The molecule has 0 aromatic carbocycles. The molecule has 0 aliphatic heterocycles. The maximum Gasteiger partial charge on any atom is 0.410 e. The number of nitrogens with one attached hydrogen (secondary N) is 1. The highest BCUT2D eigenvalue weighted by atomic mass is 32.2. The standard InChI is InChI=1S/C17H36N2O2S/c1-9-22-13-10-14(2)18-11-12-19(16(3,4)5)15(20)21-17(6,7)8/h14,18H,9-13H2,1-8H3. The zero-order valence-electron chi connectivity index (χ0n) is 15.8. The number of carbonyl (C=O) groups excluding carboxylic acids is 1. The van der Waals surface area contributed by atoms with Crippen LogP contribution in [0.1, 0.15) is 61.8 Å². The molecule has 132 valence electrons. The topological polar surface area (TPSA) is 41.6 Å². The first-order chi connectivity index (χ1) is 9.97. The molecular weight excluding hydrogens is 296 g/mol. The third kappa shape index (κ3) is 10.3. The molecule has 0 aromatic rings. The largest absolute Gasteiger partial charge is 0.444 e. The van der Waals surface area contributed by atoms with Gasteiger partial charge >= 0.3 is 6.09 Å². The van der Waals surface area contributed by atoms with Gasteiger partial charge in [-0.2, -0.15) is 11.8 Å². The molecule has 0 aliphatic rings. The summed E-state index contributed by atoms with van der Waals surface area (Å²) in [6, 6.07) is 0.472. The molecule has 0 aromatic heterocycles. The monoisotopic (exact) mass is 332 g/mol. The van der Waals surface area contributed by atoms with Crippen LogP contribution in [0.15, 0.2) is 0 Å². The molecule has 0 spiro atoms. The normalized spacial score (nSPS) is 13.8. The number of ether oxygens (including phenoxy) is 1. The molecule has 0 fully saturated rings. The second kappa shape index (κ2) is 9.66. The first-order valence-corrected chi connectivity index (χ1v) is 9.44. The molecule has 1 amide bonds. The van der Waals surface area contributed by atoms with Crippen LogP contribution in [0.3, 0.4) is 0 Å². The smallest absolute Gasteiger partial charge is 0.410 e. The van der Waals surface area contributed by atoms with Crippen LogP contribution in [0.2, 0.25) is 0 Å². The fourth-order valence-electron chi connectivity index (χ4n) is 1.95. The van der Waals surface area contributed by atoms with Gasteiger partial charge in [-0.1, -0.05) is 6.92 Å². The number of nitrogens with zero attached hydrogens (tertiary/aromatic N) is 1. The molecule has 0 saturated carbocycles. The van der Waals surface area contributed by atoms with Crippen molar-refractivity contribution in [2.45, 2.75) is 79.0 Å². The van der Waals surface area contributed by atoms with E-state index in [1.807, 2.05) is 53.3 Å². The Morgan fingerprint density at radius 2 is 1.82 bits per heavy atom. The van der Waals surface area contributed by atoms with E-state index in [0.29, 0.717) is 12.6 Å². The van der Waals surface area contributed by atoms with Crippen molar-refractivity contribution in [3.05, 3.63) is 0 Å². The van der Waals surface area contributed by atoms with Crippen molar-refractivity contribution in [3.63, 3.8) is 0 Å². The average molecular weight is 333 g/mol. The van der Waals surface area contributed by atoms with E-state index in [1.165, 1.54) is 11.5 Å². The van der Waals surface area contributed by atoms with Crippen LogP contribution >= 0.6 is 11.8 Å². The summed E-state index contributed by atoms with van der Waals surface area (Å²) in [5.74, 6) is 2.35. The highest BCUT2D eigenvalue weighted by Gasteiger charge is 2.30. The van der Waals surface area contributed by atoms with Gasteiger partial charge in [0.25, 0.3) is 0 Å². The van der Waals surface area contributed by atoms with Gasteiger partial charge in [0.15, 0.2) is 0 Å². The van der Waals surface area contributed by atoms with Gasteiger partial charge in [-0.3, -0.25) is 0 Å². The van der Waals surface area contributed by atoms with Crippen molar-refractivity contribution in [1.82, 2.24) is 10.2 Å². The fraction of sp³-hybridized carbons (Fsp3) is 0.941. The van der Waals surface area contributed by atoms with Crippen molar-refractivity contribution in [1.29, 1.82) is 0 Å². The lowest BCUT2D eigenvalue weighted by Crippen LogP contribution is -2.50. The molecule has 5 heteroatoms. The van der Waals surface area contributed by atoms with Crippen LogP contribution in [0, 0.1) is 0 Å². The molecule has 22 heavy (non-hydrogen) atoms. The summed E-state index contributed by atoms with van der Waals surface area (Å²) < 4.78 is 5.52. The zero-order chi connectivity index (χ0) is 17.4. The van der Waals surface area contributed by atoms with Gasteiger partial charge in [0.1, 0.15) is 5.60 Å². The second-order valence-electron chi connectivity index (χ2n) is 7.64. The quantitative estimate of drug-likeness (QED) is 0.678. The lowest BCUT2D eigenvalue weighted by molar-refractivity contribution is 0.00649. The molecule has 0 radical (unpaired) electrons. The Bertz CT molecular complexity index is 322. The summed E-state index contributed by atoms with van der Waals surface area (Å²) in [5.41, 5.74) is -0.704. The first kappa shape index (κ1) is 21.6. The van der Waals surface area contributed by atoms with Crippen LogP contribution in [-0.4, -0.2) is 52.8 Å². The highest BCUT2D eigenvalue weighted by molar-refractivity contribution is 7.99. The average Bonchev–Trinajstić information content (AvgIpc) is 2.31. The minimum atomic E-state index is -0.460. The Morgan fingerprint density at radius 1 is 1.23 bits per heavy atom. The minimum Gasteiger partial charge on any atom is -0.444 e. The summed E-state index contributed by atoms with van der Waals surface area (Å²) in [7, 11) is 0. The van der Waals surface area contributed by atoms with Crippen molar-refractivity contribution in [2.75, 3.05) is 24.6 Å². The Morgan fingerprint density at radius 3 is 2.27 bits per heavy atom. The lowest BCUT2D eigenvalue weighted by atomic mass is 10.1. The molecule has 4 nitrogen and oxygen atoms in total. The highest BCUT2D eigenvalue weighted by Crippen LogP contribution is 2.18. The fourth-order valence-corrected chi connectivity index (χ4v) is 2.76. The third-order valence-electron chi connectivity index (χ3n) is 3.15. The van der Waals surface area contributed by atoms with Crippen molar-refractivity contribution < 1.29 is 9.53 Å². The third-order valence-corrected chi connectivity index (χ3v) is 4.08. The molecule has 0 bridgehead atoms. The summed E-state index contributed by atoms with van der Waals surface area (Å²) in [4.78, 5) is 14.2. The van der Waals surface area contributed by atoms with E-state index in [4.69, 9.17) is 4.74 Å². The lowest BCUT2D eigenvalue weighted by Gasteiger charge is -2.37. The van der Waals surface area contributed by atoms with Gasteiger partial charge in [-0.15, -0.1) is 0 Å². The van der Waals surface area contributed by atoms with Crippen molar-refractivity contribution in [2.24, 2.45) is 0 Å². The number of hydrogen-bond donors (Lipinski definition) is 1. The second-order valence-corrected chi connectivity index (χ2v) is 9.04. The van der Waals surface area contributed by atoms with Crippen LogP contribution in [-0.2, 0) is 4.74 Å².